The van der Waals surface area contributed by atoms with Gasteiger partial charge in [-0.1, -0.05) is 39.1 Å². The molecule has 2 rings (SSSR count). The molecule has 98 valence electrons. The third-order valence-electron chi connectivity index (χ3n) is 2.35. The second kappa shape index (κ2) is 6.43. The Morgan fingerprint density at radius 2 is 1.89 bits per heavy atom. The molecule has 0 saturated carbocycles. The van der Waals surface area contributed by atoms with E-state index in [-0.39, 0.29) is 5.91 Å². The van der Waals surface area contributed by atoms with Crippen LogP contribution in [-0.4, -0.2) is 5.91 Å². The van der Waals surface area contributed by atoms with Crippen molar-refractivity contribution >= 4 is 73.3 Å². The first kappa shape index (κ1) is 15.1. The number of nitrogens with one attached hydrogen (secondary N) is 1. The minimum Gasteiger partial charge on any atom is -0.321 e. The molecular formula is C13H7BrCl2INO. The molecule has 2 nitrogen and oxygen atoms in total. The molecule has 2 aromatic carbocycles. The zero-order chi connectivity index (χ0) is 14.0. The van der Waals surface area contributed by atoms with Gasteiger partial charge >= 0.3 is 0 Å². The van der Waals surface area contributed by atoms with Crippen LogP contribution < -0.4 is 5.32 Å². The lowest BCUT2D eigenvalue weighted by Crippen LogP contribution is -2.13. The molecule has 0 atom stereocenters. The van der Waals surface area contributed by atoms with Gasteiger partial charge in [0.15, 0.2) is 0 Å². The quantitative estimate of drug-likeness (QED) is 0.568. The lowest BCUT2D eigenvalue weighted by Gasteiger charge is -2.09. The van der Waals surface area contributed by atoms with E-state index < -0.39 is 0 Å². The van der Waals surface area contributed by atoms with Crippen molar-refractivity contribution in [1.82, 2.24) is 0 Å². The normalized spacial score (nSPS) is 10.3. The van der Waals surface area contributed by atoms with Crippen LogP contribution >= 0.6 is 61.7 Å². The molecule has 0 fully saturated rings. The largest absolute Gasteiger partial charge is 0.321 e. The molecule has 0 aliphatic rings. The Bertz CT molecular complexity index is 649. The Morgan fingerprint density at radius 1 is 1.16 bits per heavy atom. The molecule has 19 heavy (non-hydrogen) atoms. The summed E-state index contributed by atoms with van der Waals surface area (Å²) in [6, 6.07) is 10.4. The summed E-state index contributed by atoms with van der Waals surface area (Å²) in [6.45, 7) is 0. The fraction of sp³-hybridized carbons (Fsp3) is 0. The Hall–Kier alpha value is -0.300. The van der Waals surface area contributed by atoms with Gasteiger partial charge < -0.3 is 5.32 Å². The zero-order valence-corrected chi connectivity index (χ0v) is 14.6. The van der Waals surface area contributed by atoms with Crippen LogP contribution in [0.5, 0.6) is 0 Å². The van der Waals surface area contributed by atoms with Crippen molar-refractivity contribution in [3.8, 4) is 0 Å². The number of hydrogen-bond acceptors (Lipinski definition) is 1. The highest BCUT2D eigenvalue weighted by atomic mass is 127. The monoisotopic (exact) mass is 469 g/mol. The standard InChI is InChI=1S/C13H7BrCl2INO/c14-7-1-4-11(17)9(5-7)13(19)18-12-6-8(15)2-3-10(12)16/h1-6H,(H,18,19). The van der Waals surface area contributed by atoms with Crippen molar-refractivity contribution in [3.63, 3.8) is 0 Å². The van der Waals surface area contributed by atoms with Crippen LogP contribution in [0, 0.1) is 3.57 Å². The van der Waals surface area contributed by atoms with Gasteiger partial charge in [0, 0.05) is 13.1 Å². The van der Waals surface area contributed by atoms with Crippen LogP contribution in [0.2, 0.25) is 10.0 Å². The Balaban J connectivity index is 2.30. The fourth-order valence-electron chi connectivity index (χ4n) is 1.45. The van der Waals surface area contributed by atoms with Gasteiger partial charge in [-0.15, -0.1) is 0 Å². The molecule has 0 bridgehead atoms. The van der Waals surface area contributed by atoms with Crippen molar-refractivity contribution in [1.29, 1.82) is 0 Å². The summed E-state index contributed by atoms with van der Waals surface area (Å²) in [7, 11) is 0. The van der Waals surface area contributed by atoms with Crippen LogP contribution in [0.15, 0.2) is 40.9 Å². The molecule has 0 aliphatic heterocycles. The number of rotatable bonds is 2. The van der Waals surface area contributed by atoms with E-state index in [0.29, 0.717) is 21.3 Å². The molecule has 0 radical (unpaired) electrons. The summed E-state index contributed by atoms with van der Waals surface area (Å²) >= 11 is 17.4. The number of benzene rings is 2. The van der Waals surface area contributed by atoms with E-state index in [0.717, 1.165) is 8.04 Å². The van der Waals surface area contributed by atoms with E-state index >= 15 is 0 Å². The highest BCUT2D eigenvalue weighted by molar-refractivity contribution is 14.1. The van der Waals surface area contributed by atoms with Gasteiger partial charge in [0.25, 0.3) is 5.91 Å². The highest BCUT2D eigenvalue weighted by Crippen LogP contribution is 2.27. The molecule has 0 saturated heterocycles. The molecular weight excluding hydrogens is 464 g/mol. The second-order valence-electron chi connectivity index (χ2n) is 3.70. The summed E-state index contributed by atoms with van der Waals surface area (Å²) in [6.07, 6.45) is 0. The molecule has 0 aliphatic carbocycles. The van der Waals surface area contributed by atoms with E-state index in [1.54, 1.807) is 24.3 Å². The number of anilines is 1. The van der Waals surface area contributed by atoms with Crippen molar-refractivity contribution in [3.05, 3.63) is 60.0 Å². The van der Waals surface area contributed by atoms with Gasteiger partial charge in [-0.3, -0.25) is 4.79 Å². The molecule has 0 aromatic heterocycles. The Morgan fingerprint density at radius 3 is 2.63 bits per heavy atom. The van der Waals surface area contributed by atoms with Crippen LogP contribution in [0.3, 0.4) is 0 Å². The highest BCUT2D eigenvalue weighted by Gasteiger charge is 2.12. The van der Waals surface area contributed by atoms with E-state index in [1.807, 2.05) is 12.1 Å². The predicted octanol–water partition coefficient (Wildman–Crippen LogP) is 5.61. The minimum atomic E-state index is -0.227. The van der Waals surface area contributed by atoms with Gasteiger partial charge in [0.2, 0.25) is 0 Å². The smallest absolute Gasteiger partial charge is 0.256 e. The maximum atomic E-state index is 12.2. The SMILES string of the molecule is O=C(Nc1cc(Cl)ccc1Cl)c1cc(Br)ccc1I. The van der Waals surface area contributed by atoms with Gasteiger partial charge in [-0.05, 0) is 59.0 Å². The molecule has 1 N–H and O–H groups in total. The van der Waals surface area contributed by atoms with Gasteiger partial charge in [0.05, 0.1) is 16.3 Å². The van der Waals surface area contributed by atoms with Gasteiger partial charge in [-0.2, -0.15) is 0 Å². The average molecular weight is 471 g/mol. The molecule has 0 spiro atoms. The number of hydrogen-bond donors (Lipinski definition) is 1. The molecule has 2 aromatic rings. The lowest BCUT2D eigenvalue weighted by atomic mass is 10.2. The Labute approximate surface area is 142 Å². The van der Waals surface area contributed by atoms with E-state index in [9.17, 15) is 4.79 Å². The summed E-state index contributed by atoms with van der Waals surface area (Å²) in [5.74, 6) is -0.227. The van der Waals surface area contributed by atoms with Crippen molar-refractivity contribution in [2.45, 2.75) is 0 Å². The maximum Gasteiger partial charge on any atom is 0.256 e. The first-order valence-corrected chi connectivity index (χ1v) is 7.81. The van der Waals surface area contributed by atoms with Crippen LogP contribution in [0.4, 0.5) is 5.69 Å². The molecule has 1 amide bonds. The third kappa shape index (κ3) is 3.84. The molecule has 0 heterocycles. The lowest BCUT2D eigenvalue weighted by molar-refractivity contribution is 0.102. The van der Waals surface area contributed by atoms with Crippen LogP contribution in [0.25, 0.3) is 0 Å². The number of amides is 1. The first-order chi connectivity index (χ1) is 8.97. The summed E-state index contributed by atoms with van der Waals surface area (Å²) in [4.78, 5) is 12.2. The number of carbonyl (C=O) groups excluding carboxylic acids is 1. The number of carbonyl (C=O) groups is 1. The van der Waals surface area contributed by atoms with Gasteiger partial charge in [-0.25, -0.2) is 0 Å². The predicted molar refractivity (Wildman–Crippen MR) is 91.3 cm³/mol. The summed E-state index contributed by atoms with van der Waals surface area (Å²) in [5, 5.41) is 3.72. The fourth-order valence-corrected chi connectivity index (χ4v) is 2.73. The van der Waals surface area contributed by atoms with Crippen molar-refractivity contribution in [2.75, 3.05) is 5.32 Å². The van der Waals surface area contributed by atoms with Crippen LogP contribution in [-0.2, 0) is 0 Å². The minimum absolute atomic E-state index is 0.227. The number of halogens is 4. The first-order valence-electron chi connectivity index (χ1n) is 5.19. The third-order valence-corrected chi connectivity index (χ3v) is 4.35. The van der Waals surface area contributed by atoms with E-state index in [1.165, 1.54) is 0 Å². The molecule has 0 unspecified atom stereocenters. The Kier molecular flexibility index (Phi) is 5.11. The maximum absolute atomic E-state index is 12.2. The van der Waals surface area contributed by atoms with Crippen molar-refractivity contribution < 1.29 is 4.79 Å². The van der Waals surface area contributed by atoms with Crippen LogP contribution in [0.1, 0.15) is 10.4 Å². The van der Waals surface area contributed by atoms with Crippen molar-refractivity contribution in [2.24, 2.45) is 0 Å². The second-order valence-corrected chi connectivity index (χ2v) is 6.62. The average Bonchev–Trinajstić information content (AvgIpc) is 2.36. The van der Waals surface area contributed by atoms with E-state index in [4.69, 9.17) is 23.2 Å². The topological polar surface area (TPSA) is 29.1 Å². The summed E-state index contributed by atoms with van der Waals surface area (Å²) < 4.78 is 1.70. The van der Waals surface area contributed by atoms with E-state index in [2.05, 4.69) is 43.8 Å². The molecule has 6 heteroatoms. The zero-order valence-electron chi connectivity index (χ0n) is 9.38. The van der Waals surface area contributed by atoms with Gasteiger partial charge in [0.1, 0.15) is 0 Å². The summed E-state index contributed by atoms with van der Waals surface area (Å²) in [5.41, 5.74) is 1.07.